The molecule has 0 aliphatic carbocycles. The van der Waals surface area contributed by atoms with Gasteiger partial charge in [-0.05, 0) is 34.6 Å². The number of fused-ring (bicyclic) bond motifs is 1. The summed E-state index contributed by atoms with van der Waals surface area (Å²) in [5.74, 6) is -7.73. The van der Waals surface area contributed by atoms with Gasteiger partial charge in [-0.15, -0.1) is 0 Å². The van der Waals surface area contributed by atoms with Crippen LogP contribution in [0.25, 0.3) is 0 Å². The molecule has 5 atom stereocenters. The van der Waals surface area contributed by atoms with E-state index in [2.05, 4.69) is 5.32 Å². The zero-order valence-electron chi connectivity index (χ0n) is 23.6. The third-order valence-electron chi connectivity index (χ3n) is 6.71. The number of hydrogen-bond acceptors (Lipinski definition) is 7. The summed E-state index contributed by atoms with van der Waals surface area (Å²) in [7, 11) is 1.11. The van der Waals surface area contributed by atoms with Crippen LogP contribution in [0.15, 0.2) is 12.1 Å². The summed E-state index contributed by atoms with van der Waals surface area (Å²) in [6.45, 7) is 6.80. The molecule has 3 rings (SSSR count). The van der Waals surface area contributed by atoms with Crippen LogP contribution in [-0.2, 0) is 23.9 Å². The Bertz CT molecular complexity index is 1330. The van der Waals surface area contributed by atoms with Gasteiger partial charge < -0.3 is 29.9 Å². The largest absolute Gasteiger partial charge is 0.473 e. The standard InChI is InChI=1S/C26H30F5N5O6/c1-12(33-23(40)26(29,30)31)20(37)35(6)19(13(2)41-24(3,4)5)21(38)36-11-25(9-15(36)10-32)22(39)34-18-16(28)7-14(27)8-17(18)42-25/h7-8,12-13,15,19H,9,11H2,1-6H3,(H,33,40)(H,34,39)/t12-,13+,15-,19-,25+/m0/s1. The van der Waals surface area contributed by atoms with Crippen LogP contribution in [0, 0.1) is 23.0 Å². The Hall–Kier alpha value is -4.00. The van der Waals surface area contributed by atoms with Crippen molar-refractivity contribution >= 4 is 29.3 Å². The SMILES string of the molecule is C[C@H](NC(=O)C(F)(F)F)C(=O)N(C)[C@H](C(=O)N1C[C@@]2(C[C@H]1C#N)Oc1cc(F)cc(F)c1NC2=O)[C@@H](C)OC(C)(C)C. The number of nitriles is 1. The van der Waals surface area contributed by atoms with Gasteiger partial charge in [0, 0.05) is 25.6 Å². The van der Waals surface area contributed by atoms with Gasteiger partial charge in [-0.2, -0.15) is 18.4 Å². The van der Waals surface area contributed by atoms with Gasteiger partial charge in [-0.3, -0.25) is 19.2 Å². The number of hydrogen-bond donors (Lipinski definition) is 2. The number of anilines is 1. The average molecular weight is 604 g/mol. The normalized spacial score (nSPS) is 22.3. The second kappa shape index (κ2) is 11.3. The van der Waals surface area contributed by atoms with E-state index in [1.54, 1.807) is 20.8 Å². The van der Waals surface area contributed by atoms with E-state index in [1.165, 1.54) is 12.2 Å². The van der Waals surface area contributed by atoms with Crippen molar-refractivity contribution in [3.8, 4) is 11.8 Å². The van der Waals surface area contributed by atoms with Crippen molar-refractivity contribution < 1.29 is 50.6 Å². The van der Waals surface area contributed by atoms with Crippen molar-refractivity contribution in [3.05, 3.63) is 23.8 Å². The van der Waals surface area contributed by atoms with Crippen LogP contribution in [0.2, 0.25) is 0 Å². The number of carbonyl (C=O) groups is 4. The topological polar surface area (TPSA) is 141 Å². The molecule has 2 N–H and O–H groups in total. The predicted molar refractivity (Wildman–Crippen MR) is 135 cm³/mol. The van der Waals surface area contributed by atoms with Crippen LogP contribution < -0.4 is 15.4 Å². The third kappa shape index (κ3) is 6.56. The highest BCUT2D eigenvalue weighted by Gasteiger charge is 2.57. The molecule has 2 aliphatic rings. The number of nitrogens with one attached hydrogen (secondary N) is 2. The Morgan fingerprint density at radius 2 is 1.86 bits per heavy atom. The fraction of sp³-hybridized carbons (Fsp3) is 0.577. The van der Waals surface area contributed by atoms with E-state index < -0.39 is 95.5 Å². The van der Waals surface area contributed by atoms with E-state index in [4.69, 9.17) is 9.47 Å². The number of nitrogens with zero attached hydrogens (tertiary/aromatic N) is 3. The third-order valence-corrected chi connectivity index (χ3v) is 6.71. The fourth-order valence-electron chi connectivity index (χ4n) is 4.95. The number of likely N-dealkylation sites (tertiary alicyclic amines) is 1. The van der Waals surface area contributed by atoms with Crippen molar-refractivity contribution in [2.24, 2.45) is 0 Å². The molecular weight excluding hydrogens is 573 g/mol. The molecule has 1 spiro atoms. The van der Waals surface area contributed by atoms with E-state index in [-0.39, 0.29) is 5.75 Å². The maximum atomic E-state index is 14.2. The summed E-state index contributed by atoms with van der Waals surface area (Å²) < 4.78 is 78.0. The Kier molecular flexibility index (Phi) is 8.79. The van der Waals surface area contributed by atoms with E-state index in [0.29, 0.717) is 6.07 Å². The zero-order chi connectivity index (χ0) is 31.9. The second-order valence-electron chi connectivity index (χ2n) is 11.1. The molecule has 1 saturated heterocycles. The maximum Gasteiger partial charge on any atom is 0.471 e. The highest BCUT2D eigenvalue weighted by Crippen LogP contribution is 2.42. The van der Waals surface area contributed by atoms with Crippen molar-refractivity contribution in [1.29, 1.82) is 5.26 Å². The monoisotopic (exact) mass is 603 g/mol. The van der Waals surface area contributed by atoms with Gasteiger partial charge >= 0.3 is 12.1 Å². The van der Waals surface area contributed by atoms with Crippen LogP contribution in [0.3, 0.4) is 0 Å². The molecular formula is C26H30F5N5O6. The van der Waals surface area contributed by atoms with Crippen LogP contribution in [0.4, 0.5) is 27.6 Å². The van der Waals surface area contributed by atoms with Crippen molar-refractivity contribution in [3.63, 3.8) is 0 Å². The Morgan fingerprint density at radius 1 is 1.24 bits per heavy atom. The van der Waals surface area contributed by atoms with Crippen LogP contribution in [0.1, 0.15) is 41.0 Å². The van der Waals surface area contributed by atoms with Crippen molar-refractivity contribution in [1.82, 2.24) is 15.1 Å². The second-order valence-corrected chi connectivity index (χ2v) is 11.1. The first-order valence-corrected chi connectivity index (χ1v) is 12.7. The number of halogens is 5. The lowest BCUT2D eigenvalue weighted by Gasteiger charge is -2.39. The maximum absolute atomic E-state index is 14.2. The van der Waals surface area contributed by atoms with Gasteiger partial charge in [0.15, 0.2) is 11.6 Å². The summed E-state index contributed by atoms with van der Waals surface area (Å²) >= 11 is 0. The minimum absolute atomic E-state index is 0.361. The molecule has 11 nitrogen and oxygen atoms in total. The summed E-state index contributed by atoms with van der Waals surface area (Å²) in [6.07, 6.45) is -6.78. The van der Waals surface area contributed by atoms with E-state index in [1.807, 2.05) is 6.07 Å². The lowest BCUT2D eigenvalue weighted by Crippen LogP contribution is -2.60. The fourth-order valence-corrected chi connectivity index (χ4v) is 4.95. The van der Waals surface area contributed by atoms with Gasteiger partial charge in [-0.1, -0.05) is 0 Å². The summed E-state index contributed by atoms with van der Waals surface area (Å²) in [5, 5.41) is 13.7. The Balaban J connectivity index is 1.96. The molecule has 1 fully saturated rings. The van der Waals surface area contributed by atoms with E-state index in [9.17, 15) is 46.4 Å². The Morgan fingerprint density at radius 3 is 2.40 bits per heavy atom. The number of amides is 4. The average Bonchev–Trinajstić information content (AvgIpc) is 3.22. The number of benzene rings is 1. The number of carbonyl (C=O) groups excluding carboxylic acids is 4. The van der Waals surface area contributed by atoms with Crippen LogP contribution in [0.5, 0.6) is 5.75 Å². The van der Waals surface area contributed by atoms with Gasteiger partial charge in [0.1, 0.15) is 29.6 Å². The Labute approximate surface area is 237 Å². The molecule has 230 valence electrons. The van der Waals surface area contributed by atoms with Crippen LogP contribution >= 0.6 is 0 Å². The van der Waals surface area contributed by atoms with E-state index >= 15 is 0 Å². The molecule has 0 aromatic heterocycles. The van der Waals surface area contributed by atoms with E-state index in [0.717, 1.165) is 29.8 Å². The molecule has 0 bridgehead atoms. The summed E-state index contributed by atoms with van der Waals surface area (Å²) in [5.41, 5.74) is -3.22. The molecule has 0 unspecified atom stereocenters. The first-order valence-electron chi connectivity index (χ1n) is 12.7. The molecule has 16 heteroatoms. The number of alkyl halides is 3. The number of ether oxygens (including phenoxy) is 2. The smallest absolute Gasteiger partial charge is 0.471 e. The highest BCUT2D eigenvalue weighted by atomic mass is 19.4. The van der Waals surface area contributed by atoms with Crippen molar-refractivity contribution in [2.45, 2.75) is 82.6 Å². The summed E-state index contributed by atoms with van der Waals surface area (Å²) in [6, 6.07) is -1.34. The van der Waals surface area contributed by atoms with Gasteiger partial charge in [0.05, 0.1) is 24.3 Å². The molecule has 0 saturated carbocycles. The first-order chi connectivity index (χ1) is 19.2. The minimum Gasteiger partial charge on any atom is -0.473 e. The molecule has 2 aliphatic heterocycles. The number of likely N-dealkylation sites (N-methyl/N-ethyl adjacent to an activating group) is 1. The quantitative estimate of drug-likeness (QED) is 0.476. The summed E-state index contributed by atoms with van der Waals surface area (Å²) in [4.78, 5) is 53.4. The molecule has 0 radical (unpaired) electrons. The molecule has 1 aromatic rings. The highest BCUT2D eigenvalue weighted by molar-refractivity contribution is 6.02. The lowest BCUT2D eigenvalue weighted by molar-refractivity contribution is -0.175. The number of rotatable bonds is 6. The van der Waals surface area contributed by atoms with Gasteiger partial charge in [-0.25, -0.2) is 8.78 Å². The van der Waals surface area contributed by atoms with Gasteiger partial charge in [0.2, 0.25) is 17.4 Å². The van der Waals surface area contributed by atoms with Crippen molar-refractivity contribution in [2.75, 3.05) is 18.9 Å². The first kappa shape index (κ1) is 32.5. The van der Waals surface area contributed by atoms with Gasteiger partial charge in [0.25, 0.3) is 5.91 Å². The lowest BCUT2D eigenvalue weighted by atomic mass is 9.97. The predicted octanol–water partition coefficient (Wildman–Crippen LogP) is 2.26. The molecule has 4 amide bonds. The molecule has 42 heavy (non-hydrogen) atoms. The minimum atomic E-state index is -5.26. The molecule has 1 aromatic carbocycles. The molecule has 2 heterocycles. The van der Waals surface area contributed by atoms with Crippen LogP contribution in [-0.4, -0.2) is 88.6 Å². The zero-order valence-corrected chi connectivity index (χ0v) is 23.6.